The van der Waals surface area contributed by atoms with E-state index >= 15 is 0 Å². The molecule has 2 heterocycles. The average molecular weight is 603 g/mol. The molecule has 6 nitrogen and oxygen atoms in total. The van der Waals surface area contributed by atoms with Crippen molar-refractivity contribution in [2.75, 3.05) is 6.61 Å². The number of para-hydroxylation sites is 1. The Morgan fingerprint density at radius 3 is 2.48 bits per heavy atom. The van der Waals surface area contributed by atoms with Crippen molar-refractivity contribution in [3.8, 4) is 5.75 Å². The van der Waals surface area contributed by atoms with Gasteiger partial charge in [-0.3, -0.25) is 9.36 Å². The molecule has 7 heteroatoms. The van der Waals surface area contributed by atoms with Gasteiger partial charge in [-0.2, -0.15) is 0 Å². The second-order valence-electron chi connectivity index (χ2n) is 11.1. The number of ether oxygens (including phenoxy) is 2. The molecule has 222 valence electrons. The monoisotopic (exact) mass is 602 g/mol. The molecule has 0 amide bonds. The quantitative estimate of drug-likeness (QED) is 0.187. The molecule has 0 radical (unpaired) electrons. The summed E-state index contributed by atoms with van der Waals surface area (Å²) >= 11 is 1.31. The van der Waals surface area contributed by atoms with Gasteiger partial charge >= 0.3 is 5.97 Å². The van der Waals surface area contributed by atoms with Crippen LogP contribution in [0.2, 0.25) is 0 Å². The van der Waals surface area contributed by atoms with Crippen molar-refractivity contribution >= 4 is 34.2 Å². The maximum absolute atomic E-state index is 14.1. The Morgan fingerprint density at radius 2 is 1.70 bits per heavy atom. The number of hydrogen-bond donors (Lipinski definition) is 0. The Bertz CT molecular complexity index is 2060. The zero-order chi connectivity index (χ0) is 30.8. The van der Waals surface area contributed by atoms with Gasteiger partial charge < -0.3 is 9.47 Å². The van der Waals surface area contributed by atoms with Crippen LogP contribution in [0.4, 0.5) is 0 Å². The third-order valence-corrected chi connectivity index (χ3v) is 8.89. The second kappa shape index (κ2) is 12.5. The lowest BCUT2D eigenvalue weighted by atomic mass is 9.93. The molecule has 0 bridgehead atoms. The van der Waals surface area contributed by atoms with E-state index in [1.807, 2.05) is 60.7 Å². The molecule has 44 heavy (non-hydrogen) atoms. The topological polar surface area (TPSA) is 69.9 Å². The van der Waals surface area contributed by atoms with E-state index in [-0.39, 0.29) is 12.2 Å². The maximum atomic E-state index is 14.1. The first-order chi connectivity index (χ1) is 21.4. The van der Waals surface area contributed by atoms with E-state index in [1.54, 1.807) is 18.4 Å². The van der Waals surface area contributed by atoms with Crippen LogP contribution in [0, 0.1) is 0 Å². The molecule has 0 saturated carbocycles. The summed E-state index contributed by atoms with van der Waals surface area (Å²) in [5.41, 5.74) is 4.59. The number of carbonyl (C=O) groups is 1. The van der Waals surface area contributed by atoms with Crippen LogP contribution in [0.3, 0.4) is 0 Å². The highest BCUT2D eigenvalue weighted by molar-refractivity contribution is 7.07. The van der Waals surface area contributed by atoms with Crippen molar-refractivity contribution in [1.82, 2.24) is 4.57 Å². The molecule has 6 rings (SSSR count). The molecule has 1 atom stereocenters. The van der Waals surface area contributed by atoms with Crippen molar-refractivity contribution in [3.63, 3.8) is 0 Å². The van der Waals surface area contributed by atoms with Crippen molar-refractivity contribution in [1.29, 1.82) is 0 Å². The van der Waals surface area contributed by atoms with Crippen LogP contribution >= 0.6 is 11.3 Å². The van der Waals surface area contributed by atoms with Gasteiger partial charge in [0, 0.05) is 5.56 Å². The Balaban J connectivity index is 1.42. The smallest absolute Gasteiger partial charge is 0.338 e. The summed E-state index contributed by atoms with van der Waals surface area (Å²) in [5, 5.41) is 2.31. The fourth-order valence-corrected chi connectivity index (χ4v) is 6.65. The van der Waals surface area contributed by atoms with Gasteiger partial charge in [-0.15, -0.1) is 0 Å². The molecule has 5 aromatic rings. The summed E-state index contributed by atoms with van der Waals surface area (Å²) in [4.78, 5) is 32.6. The Hall–Kier alpha value is -4.75. The first kappa shape index (κ1) is 29.3. The highest BCUT2D eigenvalue weighted by atomic mass is 32.1. The lowest BCUT2D eigenvalue weighted by Gasteiger charge is -2.25. The zero-order valence-corrected chi connectivity index (χ0v) is 26.1. The Kier molecular flexibility index (Phi) is 8.31. The van der Waals surface area contributed by atoms with Crippen LogP contribution < -0.4 is 19.6 Å². The van der Waals surface area contributed by atoms with Crippen LogP contribution in [-0.2, 0) is 16.1 Å². The first-order valence-corrected chi connectivity index (χ1v) is 15.7. The van der Waals surface area contributed by atoms with Crippen LogP contribution in [0.15, 0.2) is 112 Å². The highest BCUT2D eigenvalue weighted by Crippen LogP contribution is 2.32. The molecule has 1 aliphatic rings. The molecule has 4 aromatic carbocycles. The summed E-state index contributed by atoms with van der Waals surface area (Å²) in [6.07, 6.45) is 1.85. The highest BCUT2D eigenvalue weighted by Gasteiger charge is 2.33. The molecule has 0 saturated heterocycles. The van der Waals surface area contributed by atoms with Gasteiger partial charge in [0.25, 0.3) is 5.56 Å². The van der Waals surface area contributed by atoms with E-state index in [9.17, 15) is 9.59 Å². The lowest BCUT2D eigenvalue weighted by Crippen LogP contribution is -2.39. The van der Waals surface area contributed by atoms with Crippen LogP contribution in [-0.4, -0.2) is 17.1 Å². The number of benzene rings is 4. The second-order valence-corrected chi connectivity index (χ2v) is 12.1. The van der Waals surface area contributed by atoms with Crippen molar-refractivity contribution in [3.05, 3.63) is 144 Å². The number of hydrogen-bond acceptors (Lipinski definition) is 6. The van der Waals surface area contributed by atoms with Crippen molar-refractivity contribution < 1.29 is 14.3 Å². The molecule has 0 aliphatic carbocycles. The van der Waals surface area contributed by atoms with Crippen molar-refractivity contribution in [2.45, 2.75) is 46.3 Å². The van der Waals surface area contributed by atoms with Crippen LogP contribution in [0.25, 0.3) is 16.8 Å². The van der Waals surface area contributed by atoms with Gasteiger partial charge in [0.05, 0.1) is 28.5 Å². The zero-order valence-electron chi connectivity index (χ0n) is 25.2. The summed E-state index contributed by atoms with van der Waals surface area (Å²) in [6, 6.07) is 29.6. The summed E-state index contributed by atoms with van der Waals surface area (Å²) in [7, 11) is 0. The van der Waals surface area contributed by atoms with Crippen molar-refractivity contribution in [2.24, 2.45) is 4.99 Å². The number of esters is 1. The van der Waals surface area contributed by atoms with E-state index in [0.29, 0.717) is 38.9 Å². The van der Waals surface area contributed by atoms with E-state index in [4.69, 9.17) is 14.5 Å². The molecule has 1 aliphatic heterocycles. The van der Waals surface area contributed by atoms with Gasteiger partial charge in [-0.25, -0.2) is 9.79 Å². The number of nitrogens with zero attached hydrogens (tertiary/aromatic N) is 2. The molecular formula is C37H34N2O4S. The summed E-state index contributed by atoms with van der Waals surface area (Å²) < 4.78 is 13.9. The molecule has 0 spiro atoms. The third kappa shape index (κ3) is 5.63. The SMILES string of the molecule is CCOC(=O)C1=C(C)N=c2s/c(=C\c3ccccc3OCc3cccc4ccccc34)c(=O)n2[C@@H]1c1ccc(C(C)C)cc1. The third-order valence-electron chi connectivity index (χ3n) is 7.90. The number of fused-ring (bicyclic) bond motifs is 2. The molecular weight excluding hydrogens is 568 g/mol. The predicted molar refractivity (Wildman–Crippen MR) is 176 cm³/mol. The number of aromatic nitrogens is 1. The molecule has 0 unspecified atom stereocenters. The predicted octanol–water partition coefficient (Wildman–Crippen LogP) is 6.65. The molecule has 1 aromatic heterocycles. The number of allylic oxidation sites excluding steroid dienone is 1. The fourth-order valence-electron chi connectivity index (χ4n) is 5.62. The lowest BCUT2D eigenvalue weighted by molar-refractivity contribution is -0.139. The van der Waals surface area contributed by atoms with Gasteiger partial charge in [0.2, 0.25) is 0 Å². The van der Waals surface area contributed by atoms with Crippen LogP contribution in [0.5, 0.6) is 5.75 Å². The summed E-state index contributed by atoms with van der Waals surface area (Å²) in [5.74, 6) is 0.569. The van der Waals surface area contributed by atoms with Gasteiger partial charge in [0.1, 0.15) is 12.4 Å². The number of carbonyl (C=O) groups excluding carboxylic acids is 1. The average Bonchev–Trinajstić information content (AvgIpc) is 3.33. The van der Waals surface area contributed by atoms with E-state index in [1.165, 1.54) is 16.9 Å². The van der Waals surface area contributed by atoms with E-state index in [0.717, 1.165) is 27.5 Å². The minimum atomic E-state index is -0.647. The van der Waals surface area contributed by atoms with E-state index < -0.39 is 12.0 Å². The van der Waals surface area contributed by atoms with Gasteiger partial charge in [-0.1, -0.05) is 110 Å². The standard InChI is InChI=1S/C37H34N2O4S/c1-5-42-36(41)33-24(4)38-37-39(34(33)27-19-17-25(18-20-27)23(2)3)35(40)32(44-37)21-28-12-7-9-16-31(28)43-22-29-14-10-13-26-11-6-8-15-30(26)29/h6-21,23,34H,5,22H2,1-4H3/b32-21-/t34-/m1/s1. The minimum Gasteiger partial charge on any atom is -0.488 e. The van der Waals surface area contributed by atoms with Gasteiger partial charge in [-0.05, 0) is 59.4 Å². The fraction of sp³-hybridized carbons (Fsp3) is 0.216. The Labute approximate surface area is 260 Å². The first-order valence-electron chi connectivity index (χ1n) is 14.8. The van der Waals surface area contributed by atoms with E-state index in [2.05, 4.69) is 50.2 Å². The minimum absolute atomic E-state index is 0.218. The molecule has 0 fully saturated rings. The largest absolute Gasteiger partial charge is 0.488 e. The van der Waals surface area contributed by atoms with Gasteiger partial charge in [0.15, 0.2) is 4.80 Å². The summed E-state index contributed by atoms with van der Waals surface area (Å²) in [6.45, 7) is 8.46. The maximum Gasteiger partial charge on any atom is 0.338 e. The number of thiazole rings is 1. The van der Waals surface area contributed by atoms with Crippen LogP contribution in [0.1, 0.15) is 61.9 Å². The Morgan fingerprint density at radius 1 is 0.977 bits per heavy atom. The normalized spacial score (nSPS) is 14.9. The number of rotatable bonds is 8. The molecule has 0 N–H and O–H groups in total.